The van der Waals surface area contributed by atoms with Crippen LogP contribution in [-0.4, -0.2) is 44.9 Å². The molecule has 0 bridgehead atoms. The summed E-state index contributed by atoms with van der Waals surface area (Å²) in [6, 6.07) is 3.80. The number of nitrogens with zero attached hydrogens (tertiary/aromatic N) is 4. The zero-order valence-corrected chi connectivity index (χ0v) is 12.7. The Morgan fingerprint density at radius 1 is 1.56 bits per heavy atom. The van der Waals surface area contributed by atoms with E-state index in [9.17, 15) is 33.2 Å². The molecule has 0 radical (unpaired) electrons. The van der Waals surface area contributed by atoms with Gasteiger partial charge in [0.1, 0.15) is 0 Å². The number of rotatable bonds is 3. The molecule has 1 aromatic carbocycles. The summed E-state index contributed by atoms with van der Waals surface area (Å²) < 4.78 is 39.0. The summed E-state index contributed by atoms with van der Waals surface area (Å²) in [7, 11) is 0. The molecule has 0 spiro atoms. The number of amides is 2. The number of hydrazone groups is 2. The molecule has 1 aliphatic rings. The maximum absolute atomic E-state index is 13.0. The van der Waals surface area contributed by atoms with E-state index < -0.39 is 29.3 Å². The first-order valence-electron chi connectivity index (χ1n) is 6.75. The van der Waals surface area contributed by atoms with Gasteiger partial charge in [0.15, 0.2) is 0 Å². The van der Waals surface area contributed by atoms with Crippen LogP contribution in [0.1, 0.15) is 18.9 Å². The fraction of sp³-hybridized carbons (Fsp3) is 0.308. The third kappa shape index (κ3) is 3.74. The predicted molar refractivity (Wildman–Crippen MR) is 79.8 cm³/mol. The van der Waals surface area contributed by atoms with E-state index in [-0.39, 0.29) is 22.0 Å². The van der Waals surface area contributed by atoms with Crippen molar-refractivity contribution in [3.05, 3.63) is 39.9 Å². The molecule has 2 amide bonds. The van der Waals surface area contributed by atoms with Gasteiger partial charge in [-0.15, -0.1) is 0 Å². The Balaban J connectivity index is 2.11. The zero-order chi connectivity index (χ0) is 18.8. The van der Waals surface area contributed by atoms with Gasteiger partial charge in [0.2, 0.25) is 0 Å². The third-order valence-electron chi connectivity index (χ3n) is 3.22. The van der Waals surface area contributed by atoms with Crippen LogP contribution in [0.3, 0.4) is 0 Å². The predicted octanol–water partition coefficient (Wildman–Crippen LogP) is 1.97. The minimum absolute atomic E-state index is 0.0855. The van der Waals surface area contributed by atoms with Crippen LogP contribution in [0.4, 0.5) is 23.7 Å². The molecule has 1 unspecified atom stereocenters. The smallest absolute Gasteiger partial charge is 0.362 e. The molecule has 0 aliphatic carbocycles. The Labute approximate surface area is 138 Å². The van der Waals surface area contributed by atoms with Crippen molar-refractivity contribution in [1.82, 2.24) is 10.4 Å². The number of aliphatic hydroxyl groups is 1. The van der Waals surface area contributed by atoms with Crippen molar-refractivity contribution >= 4 is 23.6 Å². The number of carbonyl (C=O) groups excluding carboxylic acids is 1. The van der Waals surface area contributed by atoms with Gasteiger partial charge in [-0.05, 0) is 6.92 Å². The largest absolute Gasteiger partial charge is 0.438 e. The standard InChI is InChI=1S/C13H12F3N5O4/c1-8-6-12(23,13(14,15)16)20(19-8)11(22)18-17-7-9-3-2-4-10(5-9)21(24)25/h2-5,7,23H,6H2,1H3,(H,18,22)/b17-7+. The summed E-state index contributed by atoms with van der Waals surface area (Å²) in [6.45, 7) is 1.23. The van der Waals surface area contributed by atoms with Gasteiger partial charge in [-0.3, -0.25) is 10.1 Å². The summed E-state index contributed by atoms with van der Waals surface area (Å²) in [5.74, 6) is 0. The van der Waals surface area contributed by atoms with Crippen LogP contribution < -0.4 is 5.43 Å². The number of non-ortho nitro benzene ring substituents is 1. The van der Waals surface area contributed by atoms with Crippen LogP contribution in [0.25, 0.3) is 0 Å². The molecule has 0 fully saturated rings. The summed E-state index contributed by atoms with van der Waals surface area (Å²) in [6.07, 6.45) is -4.99. The molecule has 1 heterocycles. The zero-order valence-electron chi connectivity index (χ0n) is 12.7. The van der Waals surface area contributed by atoms with Crippen LogP contribution >= 0.6 is 0 Å². The lowest BCUT2D eigenvalue weighted by Crippen LogP contribution is -2.58. The van der Waals surface area contributed by atoms with E-state index >= 15 is 0 Å². The average molecular weight is 359 g/mol. The van der Waals surface area contributed by atoms with Gasteiger partial charge in [0.25, 0.3) is 11.4 Å². The lowest BCUT2D eigenvalue weighted by atomic mass is 10.1. The minimum Gasteiger partial charge on any atom is -0.362 e. The third-order valence-corrected chi connectivity index (χ3v) is 3.22. The fourth-order valence-electron chi connectivity index (χ4n) is 2.08. The number of carbonyl (C=O) groups is 1. The number of hydrogen-bond donors (Lipinski definition) is 2. The Hall–Kier alpha value is -3.02. The first-order chi connectivity index (χ1) is 11.5. The van der Waals surface area contributed by atoms with E-state index in [0.717, 1.165) is 12.3 Å². The average Bonchev–Trinajstić information content (AvgIpc) is 2.83. The molecule has 1 aliphatic heterocycles. The first-order valence-corrected chi connectivity index (χ1v) is 6.75. The van der Waals surface area contributed by atoms with Gasteiger partial charge in [-0.2, -0.15) is 28.4 Å². The monoisotopic (exact) mass is 359 g/mol. The quantitative estimate of drug-likeness (QED) is 0.487. The van der Waals surface area contributed by atoms with E-state index in [1.807, 2.05) is 0 Å². The molecular weight excluding hydrogens is 347 g/mol. The number of urea groups is 1. The lowest BCUT2D eigenvalue weighted by Gasteiger charge is -2.31. The highest BCUT2D eigenvalue weighted by Crippen LogP contribution is 2.40. The molecule has 0 aromatic heterocycles. The van der Waals surface area contributed by atoms with Crippen molar-refractivity contribution < 1.29 is 28.0 Å². The molecule has 2 rings (SSSR count). The second kappa shape index (κ2) is 6.47. The highest BCUT2D eigenvalue weighted by atomic mass is 19.4. The van der Waals surface area contributed by atoms with Crippen LogP contribution in [0.2, 0.25) is 0 Å². The number of benzene rings is 1. The molecule has 9 nitrogen and oxygen atoms in total. The summed E-state index contributed by atoms with van der Waals surface area (Å²) in [5.41, 5.74) is -1.74. The van der Waals surface area contributed by atoms with E-state index in [2.05, 4.69) is 10.2 Å². The van der Waals surface area contributed by atoms with Gasteiger partial charge in [-0.1, -0.05) is 12.1 Å². The normalized spacial score (nSPS) is 20.7. The summed E-state index contributed by atoms with van der Waals surface area (Å²) in [4.78, 5) is 21.8. The van der Waals surface area contributed by atoms with Crippen molar-refractivity contribution in [2.45, 2.75) is 25.2 Å². The summed E-state index contributed by atoms with van der Waals surface area (Å²) in [5, 5.41) is 27.0. The highest BCUT2D eigenvalue weighted by molar-refractivity contribution is 5.89. The lowest BCUT2D eigenvalue weighted by molar-refractivity contribution is -0.384. The second-order valence-corrected chi connectivity index (χ2v) is 5.17. The summed E-state index contributed by atoms with van der Waals surface area (Å²) >= 11 is 0. The van der Waals surface area contributed by atoms with Crippen LogP contribution in [0.5, 0.6) is 0 Å². The Bertz CT molecular complexity index is 764. The number of alkyl halides is 3. The van der Waals surface area contributed by atoms with Crippen molar-refractivity contribution in [1.29, 1.82) is 0 Å². The molecule has 1 aromatic rings. The van der Waals surface area contributed by atoms with E-state index in [4.69, 9.17) is 0 Å². The second-order valence-electron chi connectivity index (χ2n) is 5.17. The number of nitrogens with one attached hydrogen (secondary N) is 1. The number of halogens is 3. The van der Waals surface area contributed by atoms with E-state index in [1.54, 1.807) is 5.43 Å². The van der Waals surface area contributed by atoms with Gasteiger partial charge >= 0.3 is 12.2 Å². The molecule has 0 saturated heterocycles. The van der Waals surface area contributed by atoms with Gasteiger partial charge in [-0.25, -0.2) is 10.2 Å². The Morgan fingerprint density at radius 3 is 2.84 bits per heavy atom. The fourth-order valence-corrected chi connectivity index (χ4v) is 2.08. The Kier molecular flexibility index (Phi) is 4.74. The molecular formula is C13H12F3N5O4. The van der Waals surface area contributed by atoms with Crippen molar-refractivity contribution in [2.24, 2.45) is 10.2 Å². The minimum atomic E-state index is -5.12. The van der Waals surface area contributed by atoms with Gasteiger partial charge < -0.3 is 5.11 Å². The molecule has 12 heteroatoms. The Morgan fingerprint density at radius 2 is 2.24 bits per heavy atom. The van der Waals surface area contributed by atoms with E-state index in [1.165, 1.54) is 25.1 Å². The van der Waals surface area contributed by atoms with Gasteiger partial charge in [0.05, 0.1) is 11.1 Å². The number of hydrogen-bond acceptors (Lipinski definition) is 6. The topological polar surface area (TPSA) is 120 Å². The molecule has 134 valence electrons. The molecule has 0 saturated carbocycles. The maximum atomic E-state index is 13.0. The molecule has 1 atom stereocenters. The maximum Gasteiger partial charge on any atom is 0.438 e. The van der Waals surface area contributed by atoms with Crippen molar-refractivity contribution in [3.63, 3.8) is 0 Å². The highest BCUT2D eigenvalue weighted by Gasteiger charge is 2.62. The number of nitro benzene ring substituents is 1. The van der Waals surface area contributed by atoms with Crippen molar-refractivity contribution in [3.8, 4) is 0 Å². The van der Waals surface area contributed by atoms with Crippen molar-refractivity contribution in [2.75, 3.05) is 0 Å². The van der Waals surface area contributed by atoms with Crippen LogP contribution in [-0.2, 0) is 0 Å². The van der Waals surface area contributed by atoms with Crippen LogP contribution in [0.15, 0.2) is 34.5 Å². The molecule has 2 N–H and O–H groups in total. The SMILES string of the molecule is CC1=NN(C(=O)N/N=C/c2cccc([N+](=O)[O-])c2)C(O)(C(F)(F)F)C1. The van der Waals surface area contributed by atoms with Crippen LogP contribution in [0, 0.1) is 10.1 Å². The first kappa shape index (κ1) is 18.3. The van der Waals surface area contributed by atoms with Gasteiger partial charge in [0, 0.05) is 29.8 Å². The van der Waals surface area contributed by atoms with E-state index in [0.29, 0.717) is 0 Å². The molecule has 25 heavy (non-hydrogen) atoms. The number of nitro groups is 1.